The van der Waals surface area contributed by atoms with E-state index in [0.717, 1.165) is 68.6 Å². The second-order valence-corrected chi connectivity index (χ2v) is 21.0. The molecule has 1 unspecified atom stereocenters. The Labute approximate surface area is 405 Å². The Kier molecular flexibility index (Phi) is 13.0. The zero-order valence-electron chi connectivity index (χ0n) is 38.1. The van der Waals surface area contributed by atoms with Crippen LogP contribution >= 0.6 is 23.2 Å². The summed E-state index contributed by atoms with van der Waals surface area (Å²) in [5, 5.41) is 19.8. The Morgan fingerprint density at radius 3 is 2.37 bits per heavy atom. The highest BCUT2D eigenvalue weighted by Gasteiger charge is 2.70. The minimum Gasteiger partial charge on any atom is -0.382 e. The van der Waals surface area contributed by atoms with Crippen molar-refractivity contribution in [3.05, 3.63) is 92.7 Å². The highest BCUT2D eigenvalue weighted by atomic mass is 35.5. The van der Waals surface area contributed by atoms with E-state index in [9.17, 15) is 28.8 Å². The number of piperidine rings is 2. The molecule has 4 atom stereocenters. The van der Waals surface area contributed by atoms with Gasteiger partial charge in [0, 0.05) is 96.1 Å². The first kappa shape index (κ1) is 46.6. The number of nitrogens with zero attached hydrogens (tertiary/aromatic N) is 2. The molecule has 3 saturated heterocycles. The van der Waals surface area contributed by atoms with Crippen molar-refractivity contribution in [2.24, 2.45) is 11.3 Å². The van der Waals surface area contributed by atoms with Crippen molar-refractivity contribution < 1.29 is 33.2 Å². The molecule has 3 aromatic rings. The smallest absolute Gasteiger partial charge is 0.255 e. The molecule has 2 saturated carbocycles. The minimum absolute atomic E-state index is 0.0187. The molecule has 2 aliphatic carbocycles. The summed E-state index contributed by atoms with van der Waals surface area (Å²) in [5.41, 5.74) is 2.16. The van der Waals surface area contributed by atoms with E-state index in [4.69, 9.17) is 23.2 Å². The molecule has 3 aromatic carbocycles. The molecule has 0 radical (unpaired) electrons. The standard InChI is InChI=1S/C51H59Cl2FN8O6/c52-31-13-10-30-27-51(49(68)58-39(30)26-31)42(35-7-4-8-37(53)43(35)54)44(60-50(51)20-2-1-3-21-50)47(66)57-32-14-11-29(12-15-32)45(64)55-22-25-61-23-18-33(19-24-61)56-38-9-5-6-34-36(38)28-62(48(34)67)40-16-17-41(63)59-46(40)65/h4-10,13,26,29,32-33,40,42,44,56,60H,1-3,11-12,14-25,27-28H2,(H,55,64)(H,57,66)(H,58,68)(H,59,63,65)/t29-,32-,40?,42-,44+,51+/m0/s1. The third-order valence-corrected chi connectivity index (χ3v) is 16.9. The van der Waals surface area contributed by atoms with Crippen molar-refractivity contribution in [3.8, 4) is 0 Å². The SMILES string of the molecule is O=C1CCC(N2Cc3c(NC4CCN(CCNC(=O)[C@H]5CC[C@H](NC(=O)[C@@H]6NC7(CCCCC7)[C@]7(Cc8ccc(Cl)cc8NC7=O)[C@H]6c6cccc(Cl)c6F)CC5)CC4)cccc3C2=O)C(=O)N1. The molecule has 5 fully saturated rings. The molecule has 360 valence electrons. The van der Waals surface area contributed by atoms with Crippen molar-refractivity contribution in [1.29, 1.82) is 0 Å². The minimum atomic E-state index is -1.19. The van der Waals surface area contributed by atoms with Gasteiger partial charge in [-0.15, -0.1) is 0 Å². The van der Waals surface area contributed by atoms with Crippen LogP contribution < -0.4 is 31.9 Å². The van der Waals surface area contributed by atoms with Gasteiger partial charge < -0.3 is 31.1 Å². The largest absolute Gasteiger partial charge is 0.382 e. The summed E-state index contributed by atoms with van der Waals surface area (Å²) in [5.74, 6) is -3.08. The molecule has 0 aromatic heterocycles. The molecule has 7 aliphatic rings. The lowest BCUT2D eigenvalue weighted by Gasteiger charge is -2.51. The van der Waals surface area contributed by atoms with Gasteiger partial charge in [-0.2, -0.15) is 0 Å². The van der Waals surface area contributed by atoms with E-state index in [0.29, 0.717) is 80.7 Å². The second kappa shape index (κ2) is 19.0. The fourth-order valence-electron chi connectivity index (χ4n) is 12.8. The highest BCUT2D eigenvalue weighted by molar-refractivity contribution is 6.31. The second-order valence-electron chi connectivity index (χ2n) is 20.1. The maximum absolute atomic E-state index is 16.3. The zero-order valence-corrected chi connectivity index (χ0v) is 39.6. The van der Waals surface area contributed by atoms with Crippen molar-refractivity contribution >= 4 is 70.0 Å². The van der Waals surface area contributed by atoms with E-state index < -0.39 is 40.7 Å². The first-order valence-corrected chi connectivity index (χ1v) is 25.2. The topological polar surface area (TPSA) is 181 Å². The summed E-state index contributed by atoms with van der Waals surface area (Å²) in [7, 11) is 0. The third-order valence-electron chi connectivity index (χ3n) is 16.4. The Balaban J connectivity index is 0.722. The molecule has 10 rings (SSSR count). The Morgan fingerprint density at radius 1 is 0.838 bits per heavy atom. The number of fused-ring (bicyclic) bond motifs is 3. The van der Waals surface area contributed by atoms with E-state index in [1.807, 2.05) is 18.2 Å². The van der Waals surface area contributed by atoms with Crippen LogP contribution in [0.3, 0.4) is 0 Å². The Bertz CT molecular complexity index is 2520. The first-order chi connectivity index (χ1) is 32.8. The van der Waals surface area contributed by atoms with Crippen molar-refractivity contribution in [3.63, 3.8) is 0 Å². The lowest BCUT2D eigenvalue weighted by Crippen LogP contribution is -2.62. The summed E-state index contributed by atoms with van der Waals surface area (Å²) in [4.78, 5) is 84.4. The molecule has 68 heavy (non-hydrogen) atoms. The molecule has 0 bridgehead atoms. The number of carbonyl (C=O) groups excluding carboxylic acids is 6. The lowest BCUT2D eigenvalue weighted by atomic mass is 9.54. The zero-order chi connectivity index (χ0) is 47.3. The van der Waals surface area contributed by atoms with Crippen LogP contribution in [0.25, 0.3) is 0 Å². The molecule has 6 N–H and O–H groups in total. The number of rotatable bonds is 10. The number of halogens is 3. The molecule has 5 heterocycles. The predicted octanol–water partition coefficient (Wildman–Crippen LogP) is 6.20. The van der Waals surface area contributed by atoms with E-state index in [1.165, 1.54) is 6.07 Å². The summed E-state index contributed by atoms with van der Waals surface area (Å²) in [6, 6.07) is 14.4. The molecular formula is C51H59Cl2FN8O6. The van der Waals surface area contributed by atoms with Gasteiger partial charge in [0.2, 0.25) is 29.5 Å². The maximum atomic E-state index is 16.3. The van der Waals surface area contributed by atoms with Gasteiger partial charge in [-0.1, -0.05) is 66.7 Å². The van der Waals surface area contributed by atoms with Crippen LogP contribution in [0.5, 0.6) is 0 Å². The lowest BCUT2D eigenvalue weighted by molar-refractivity contribution is -0.137. The number of hydrogen-bond acceptors (Lipinski definition) is 9. The predicted molar refractivity (Wildman–Crippen MR) is 256 cm³/mol. The van der Waals surface area contributed by atoms with Gasteiger partial charge in [0.1, 0.15) is 11.9 Å². The number of imide groups is 1. The third kappa shape index (κ3) is 8.55. The number of likely N-dealkylation sites (tertiary alicyclic amines) is 1. The van der Waals surface area contributed by atoms with E-state index in [2.05, 4.69) is 36.8 Å². The van der Waals surface area contributed by atoms with Crippen LogP contribution in [0.15, 0.2) is 54.6 Å². The molecular weight excluding hydrogens is 911 g/mol. The fourth-order valence-corrected chi connectivity index (χ4v) is 13.2. The summed E-state index contributed by atoms with van der Waals surface area (Å²) >= 11 is 12.8. The summed E-state index contributed by atoms with van der Waals surface area (Å²) in [6.45, 7) is 3.28. The first-order valence-electron chi connectivity index (χ1n) is 24.5. The highest BCUT2D eigenvalue weighted by Crippen LogP contribution is 2.61. The van der Waals surface area contributed by atoms with Crippen LogP contribution in [0, 0.1) is 17.2 Å². The monoisotopic (exact) mass is 968 g/mol. The van der Waals surface area contributed by atoms with Crippen LogP contribution in [0.1, 0.15) is 116 Å². The van der Waals surface area contributed by atoms with Gasteiger partial charge in [-0.3, -0.25) is 39.4 Å². The van der Waals surface area contributed by atoms with E-state index in [1.54, 1.807) is 35.2 Å². The van der Waals surface area contributed by atoms with Gasteiger partial charge in [0.15, 0.2) is 0 Å². The Morgan fingerprint density at radius 2 is 1.60 bits per heavy atom. The van der Waals surface area contributed by atoms with Crippen LogP contribution in [0.4, 0.5) is 15.8 Å². The van der Waals surface area contributed by atoms with E-state index >= 15 is 4.39 Å². The van der Waals surface area contributed by atoms with Gasteiger partial charge in [-0.25, -0.2) is 4.39 Å². The summed E-state index contributed by atoms with van der Waals surface area (Å²) in [6.07, 6.45) is 9.17. The van der Waals surface area contributed by atoms with Gasteiger partial charge in [-0.05, 0) is 106 Å². The van der Waals surface area contributed by atoms with Crippen molar-refractivity contribution in [1.82, 2.24) is 31.1 Å². The quantitative estimate of drug-likeness (QED) is 0.129. The maximum Gasteiger partial charge on any atom is 0.255 e. The molecule has 14 nitrogen and oxygen atoms in total. The average Bonchev–Trinajstić information content (AvgIpc) is 3.80. The number of amides is 6. The fraction of sp³-hybridized carbons (Fsp3) is 0.529. The van der Waals surface area contributed by atoms with Crippen LogP contribution in [0.2, 0.25) is 10.0 Å². The van der Waals surface area contributed by atoms with Crippen LogP contribution in [-0.4, -0.2) is 101 Å². The Hall–Kier alpha value is -5.09. The van der Waals surface area contributed by atoms with Crippen molar-refractivity contribution in [2.45, 2.75) is 132 Å². The molecule has 2 spiro atoms. The summed E-state index contributed by atoms with van der Waals surface area (Å²) < 4.78 is 16.3. The molecule has 5 aliphatic heterocycles. The van der Waals surface area contributed by atoms with Crippen molar-refractivity contribution in [2.75, 3.05) is 36.8 Å². The van der Waals surface area contributed by atoms with E-state index in [-0.39, 0.29) is 64.5 Å². The molecule has 6 amide bonds. The number of anilines is 2. The number of hydrogen-bond donors (Lipinski definition) is 6. The number of carbonyl (C=O) groups is 6. The normalized spacial score (nSPS) is 28.2. The van der Waals surface area contributed by atoms with Crippen LogP contribution in [-0.2, 0) is 36.9 Å². The number of benzene rings is 3. The van der Waals surface area contributed by atoms with Gasteiger partial charge >= 0.3 is 0 Å². The van der Waals surface area contributed by atoms with Gasteiger partial charge in [0.25, 0.3) is 5.91 Å². The van der Waals surface area contributed by atoms with Gasteiger partial charge in [0.05, 0.1) is 16.5 Å². The number of nitrogens with one attached hydrogen (secondary N) is 6. The average molecular weight is 970 g/mol. The molecule has 17 heteroatoms.